The van der Waals surface area contributed by atoms with Gasteiger partial charge in [-0.15, -0.1) is 0 Å². The average molecular weight is 864 g/mol. The SMILES string of the molecule is CN(CC(=O)NCC(=O)N(CCCCN1CCCC1)CCCc1cncn1C(c1ccccc1)(c1ccccc1)c1ccccc1)S(=O)(=O)c1ccc(Cl)c(Cl)c1Cl. The first kappa shape index (κ1) is 43.4. The van der Waals surface area contributed by atoms with Crippen LogP contribution in [0.25, 0.3) is 0 Å². The van der Waals surface area contributed by atoms with E-state index in [2.05, 4.69) is 92.6 Å². The van der Waals surface area contributed by atoms with Crippen molar-refractivity contribution in [3.05, 3.63) is 153 Å². The van der Waals surface area contributed by atoms with E-state index in [1.54, 1.807) is 4.90 Å². The number of aromatic nitrogens is 2. The lowest BCUT2D eigenvalue weighted by atomic mass is 9.76. The predicted molar refractivity (Wildman–Crippen MR) is 231 cm³/mol. The number of hydrogen-bond acceptors (Lipinski definition) is 6. The predicted octanol–water partition coefficient (Wildman–Crippen LogP) is 7.76. The van der Waals surface area contributed by atoms with Crippen LogP contribution >= 0.6 is 34.8 Å². The molecule has 5 aromatic rings. The molecule has 4 aromatic carbocycles. The largest absolute Gasteiger partial charge is 0.346 e. The summed E-state index contributed by atoms with van der Waals surface area (Å²) in [5, 5.41) is 2.42. The van der Waals surface area contributed by atoms with Gasteiger partial charge in [0.2, 0.25) is 21.8 Å². The first-order valence-corrected chi connectivity index (χ1v) is 22.2. The van der Waals surface area contributed by atoms with E-state index >= 15 is 0 Å². The highest BCUT2D eigenvalue weighted by molar-refractivity contribution is 7.89. The van der Waals surface area contributed by atoms with Gasteiger partial charge >= 0.3 is 0 Å². The fourth-order valence-electron chi connectivity index (χ4n) is 7.73. The molecule has 1 N–H and O–H groups in total. The summed E-state index contributed by atoms with van der Waals surface area (Å²) in [6.45, 7) is 3.40. The number of sulfonamides is 1. The van der Waals surface area contributed by atoms with Gasteiger partial charge in [-0.3, -0.25) is 9.59 Å². The van der Waals surface area contributed by atoms with Gasteiger partial charge in [-0.2, -0.15) is 4.31 Å². The lowest BCUT2D eigenvalue weighted by Gasteiger charge is -2.38. The van der Waals surface area contributed by atoms with Gasteiger partial charge in [-0.25, -0.2) is 13.4 Å². The van der Waals surface area contributed by atoms with Crippen LogP contribution in [0.4, 0.5) is 0 Å². The van der Waals surface area contributed by atoms with E-state index in [1.165, 1.54) is 32.0 Å². The molecule has 58 heavy (non-hydrogen) atoms. The van der Waals surface area contributed by atoms with Crippen molar-refractivity contribution in [2.24, 2.45) is 0 Å². The summed E-state index contributed by atoms with van der Waals surface area (Å²) in [6.07, 6.45) is 9.30. The van der Waals surface area contributed by atoms with Crippen molar-refractivity contribution in [1.29, 1.82) is 0 Å². The Morgan fingerprint density at radius 3 is 1.93 bits per heavy atom. The zero-order chi connectivity index (χ0) is 41.1. The van der Waals surface area contributed by atoms with Crippen molar-refractivity contribution < 1.29 is 18.0 Å². The number of amides is 2. The Morgan fingerprint density at radius 2 is 1.34 bits per heavy atom. The molecule has 2 amide bonds. The molecule has 1 aliphatic rings. The number of carbonyl (C=O) groups is 2. The van der Waals surface area contributed by atoms with E-state index in [1.807, 2.05) is 30.7 Å². The molecule has 0 unspecified atom stereocenters. The Labute approximate surface area is 356 Å². The van der Waals surface area contributed by atoms with E-state index in [0.717, 1.165) is 59.2 Å². The average Bonchev–Trinajstić information content (AvgIpc) is 3.94. The second-order valence-electron chi connectivity index (χ2n) is 14.5. The maximum Gasteiger partial charge on any atom is 0.244 e. The van der Waals surface area contributed by atoms with Crippen LogP contribution in [0, 0.1) is 0 Å². The van der Waals surface area contributed by atoms with E-state index in [0.29, 0.717) is 25.9 Å². The number of imidazole rings is 1. The number of benzene rings is 4. The van der Waals surface area contributed by atoms with Crippen molar-refractivity contribution in [1.82, 2.24) is 29.0 Å². The number of unbranched alkanes of at least 4 members (excludes halogenated alkanes) is 1. The van der Waals surface area contributed by atoms with Crippen LogP contribution in [-0.4, -0.2) is 96.7 Å². The standard InChI is InChI=1S/C44H49Cl3N6O4S/c1-50(58(56,57)39-24-23-38(45)42(46)43(39)47)32-40(54)49-31-41(55)52(28-14-13-27-51-25-11-12-26-51)29-15-22-37-30-48-33-53(37)44(34-16-5-2-6-17-34,35-18-7-3-8-19-35)36-20-9-4-10-21-36/h2-10,16-21,23-24,30,33H,11-15,22,25-29,31-32H2,1H3,(H,49,54). The van der Waals surface area contributed by atoms with Crippen molar-refractivity contribution in [3.63, 3.8) is 0 Å². The molecule has 0 aliphatic carbocycles. The van der Waals surface area contributed by atoms with Gasteiger partial charge in [0.05, 0.1) is 34.5 Å². The molecule has 0 atom stereocenters. The summed E-state index contributed by atoms with van der Waals surface area (Å²) in [6, 6.07) is 33.9. The Balaban J connectivity index is 1.17. The number of carbonyl (C=O) groups excluding carboxylic acids is 2. The molecule has 0 spiro atoms. The minimum absolute atomic E-state index is 0.0965. The maximum atomic E-state index is 13.8. The fourth-order valence-corrected chi connectivity index (χ4v) is 9.80. The summed E-state index contributed by atoms with van der Waals surface area (Å²) < 4.78 is 29.6. The second-order valence-corrected chi connectivity index (χ2v) is 17.7. The summed E-state index contributed by atoms with van der Waals surface area (Å²) in [4.78, 5) is 35.5. The Kier molecular flexibility index (Phi) is 15.1. The van der Waals surface area contributed by atoms with E-state index in [9.17, 15) is 18.0 Å². The van der Waals surface area contributed by atoms with Crippen LogP contribution in [0.2, 0.25) is 15.1 Å². The molecule has 1 saturated heterocycles. The molecule has 14 heteroatoms. The zero-order valence-electron chi connectivity index (χ0n) is 32.6. The van der Waals surface area contributed by atoms with Crippen LogP contribution in [-0.2, 0) is 31.6 Å². The topological polar surface area (TPSA) is 108 Å². The van der Waals surface area contributed by atoms with E-state index in [4.69, 9.17) is 34.8 Å². The van der Waals surface area contributed by atoms with Crippen LogP contribution in [0.5, 0.6) is 0 Å². The first-order chi connectivity index (χ1) is 28.0. The second kappa shape index (κ2) is 20.2. The zero-order valence-corrected chi connectivity index (χ0v) is 35.7. The molecule has 10 nitrogen and oxygen atoms in total. The highest BCUT2D eigenvalue weighted by Gasteiger charge is 2.39. The normalized spacial score (nSPS) is 13.5. The highest BCUT2D eigenvalue weighted by Crippen LogP contribution is 2.42. The molecular weight excluding hydrogens is 815 g/mol. The number of nitrogens with zero attached hydrogens (tertiary/aromatic N) is 5. The number of rotatable bonds is 19. The highest BCUT2D eigenvalue weighted by atomic mass is 35.5. The lowest BCUT2D eigenvalue weighted by Crippen LogP contribution is -2.44. The van der Waals surface area contributed by atoms with Gasteiger partial charge in [-0.1, -0.05) is 126 Å². The van der Waals surface area contributed by atoms with Gasteiger partial charge in [-0.05, 0) is 87.0 Å². The Morgan fingerprint density at radius 1 is 0.776 bits per heavy atom. The van der Waals surface area contributed by atoms with Crippen LogP contribution in [0.15, 0.2) is 121 Å². The molecule has 1 fully saturated rings. The van der Waals surface area contributed by atoms with Gasteiger partial charge in [0, 0.05) is 32.0 Å². The third-order valence-electron chi connectivity index (χ3n) is 10.7. The molecule has 306 valence electrons. The molecule has 1 aliphatic heterocycles. The molecule has 2 heterocycles. The summed E-state index contributed by atoms with van der Waals surface area (Å²) in [5.74, 6) is -0.874. The van der Waals surface area contributed by atoms with Crippen molar-refractivity contribution in [3.8, 4) is 0 Å². The van der Waals surface area contributed by atoms with Crippen molar-refractivity contribution in [2.45, 2.75) is 49.0 Å². The minimum Gasteiger partial charge on any atom is -0.346 e. The quantitative estimate of drug-likeness (QED) is 0.0517. The number of aryl methyl sites for hydroxylation is 1. The lowest BCUT2D eigenvalue weighted by molar-refractivity contribution is -0.133. The molecule has 0 saturated carbocycles. The minimum atomic E-state index is -4.19. The third kappa shape index (κ3) is 9.96. The van der Waals surface area contributed by atoms with Crippen LogP contribution < -0.4 is 5.32 Å². The fraction of sp³-hybridized carbons (Fsp3) is 0.341. The van der Waals surface area contributed by atoms with Gasteiger partial charge in [0.15, 0.2) is 0 Å². The molecule has 6 rings (SSSR count). The first-order valence-electron chi connectivity index (χ1n) is 19.6. The number of likely N-dealkylation sites (tertiary alicyclic amines) is 1. The summed E-state index contributed by atoms with van der Waals surface area (Å²) in [5.41, 5.74) is 3.58. The van der Waals surface area contributed by atoms with E-state index in [-0.39, 0.29) is 32.4 Å². The van der Waals surface area contributed by atoms with Gasteiger partial charge in [0.1, 0.15) is 10.4 Å². The molecular formula is C44H49Cl3N6O4S. The summed E-state index contributed by atoms with van der Waals surface area (Å²) in [7, 11) is -2.93. The molecule has 0 bridgehead atoms. The van der Waals surface area contributed by atoms with Crippen LogP contribution in [0.1, 0.15) is 54.5 Å². The van der Waals surface area contributed by atoms with Gasteiger partial charge in [0.25, 0.3) is 0 Å². The third-order valence-corrected chi connectivity index (χ3v) is 14.0. The van der Waals surface area contributed by atoms with E-state index < -0.39 is 28.0 Å². The number of hydrogen-bond donors (Lipinski definition) is 1. The Bertz CT molecular complexity index is 2140. The number of nitrogens with one attached hydrogen (secondary N) is 1. The maximum absolute atomic E-state index is 13.8. The smallest absolute Gasteiger partial charge is 0.244 e. The number of halogens is 3. The molecule has 1 aromatic heterocycles. The number of likely N-dealkylation sites (N-methyl/N-ethyl adjacent to an activating group) is 1. The van der Waals surface area contributed by atoms with Crippen LogP contribution in [0.3, 0.4) is 0 Å². The van der Waals surface area contributed by atoms with Crippen molar-refractivity contribution in [2.75, 3.05) is 52.9 Å². The molecule has 0 radical (unpaired) electrons. The van der Waals surface area contributed by atoms with Gasteiger partial charge < -0.3 is 19.7 Å². The van der Waals surface area contributed by atoms with Crippen molar-refractivity contribution >= 4 is 56.6 Å². The monoisotopic (exact) mass is 862 g/mol. The Hall–Kier alpha value is -4.23. The summed E-state index contributed by atoms with van der Waals surface area (Å²) >= 11 is 18.3.